The van der Waals surface area contributed by atoms with E-state index in [4.69, 9.17) is 19.2 Å². The zero-order valence-corrected chi connectivity index (χ0v) is 27.0. The van der Waals surface area contributed by atoms with Crippen molar-refractivity contribution in [2.24, 2.45) is 0 Å². The maximum absolute atomic E-state index is 13.5. The second-order valence-corrected chi connectivity index (χ2v) is 13.3. The van der Waals surface area contributed by atoms with E-state index < -0.39 is 34.7 Å². The van der Waals surface area contributed by atoms with Gasteiger partial charge in [-0.3, -0.25) is 14.2 Å². The number of ether oxygens (including phenoxy) is 3. The van der Waals surface area contributed by atoms with Gasteiger partial charge in [-0.05, 0) is 65.6 Å². The number of aromatic nitrogens is 2. The first-order valence-corrected chi connectivity index (χ1v) is 15.4. The average Bonchev–Trinajstić information content (AvgIpc) is 3.36. The molecule has 13 heteroatoms. The van der Waals surface area contributed by atoms with Crippen LogP contribution in [0.4, 0.5) is 9.59 Å². The molecule has 13 nitrogen and oxygen atoms in total. The van der Waals surface area contributed by atoms with Crippen molar-refractivity contribution in [3.05, 3.63) is 51.3 Å². The zero-order valence-electron chi connectivity index (χ0n) is 27.0. The van der Waals surface area contributed by atoms with Gasteiger partial charge in [0.1, 0.15) is 11.4 Å². The van der Waals surface area contributed by atoms with Gasteiger partial charge in [0.2, 0.25) is 5.78 Å². The van der Waals surface area contributed by atoms with Gasteiger partial charge in [-0.25, -0.2) is 14.6 Å². The summed E-state index contributed by atoms with van der Waals surface area (Å²) in [7, 11) is 3.83. The van der Waals surface area contributed by atoms with Gasteiger partial charge in [0.05, 0.1) is 23.4 Å². The lowest BCUT2D eigenvalue weighted by Gasteiger charge is -2.35. The van der Waals surface area contributed by atoms with Crippen molar-refractivity contribution in [2.75, 3.05) is 46.9 Å². The second kappa shape index (κ2) is 11.4. The molecule has 6 rings (SSSR count). The highest BCUT2D eigenvalue weighted by Gasteiger charge is 2.44. The number of fused-ring (bicyclic) bond motifs is 5. The van der Waals surface area contributed by atoms with Gasteiger partial charge in [-0.15, -0.1) is 0 Å². The number of hydrogen-bond donors (Lipinski definition) is 1. The van der Waals surface area contributed by atoms with Crippen LogP contribution in [0.5, 0.6) is 11.5 Å². The number of Topliss-reactive ketones (excluding diaryl/α,β-unsaturated/α-hetero) is 1. The highest BCUT2D eigenvalue weighted by atomic mass is 16.6. The van der Waals surface area contributed by atoms with Gasteiger partial charge < -0.3 is 34.0 Å². The Morgan fingerprint density at radius 3 is 2.37 bits per heavy atom. The fraction of sp³-hybridized carbons (Fsp3) is 0.485. The van der Waals surface area contributed by atoms with Crippen LogP contribution < -0.4 is 15.0 Å². The van der Waals surface area contributed by atoms with Crippen LogP contribution in [-0.4, -0.2) is 99.8 Å². The molecule has 1 N–H and O–H groups in total. The van der Waals surface area contributed by atoms with Gasteiger partial charge in [0.15, 0.2) is 18.0 Å². The molecule has 3 aromatic rings. The Labute approximate surface area is 266 Å². The molecule has 0 radical (unpaired) electrons. The van der Waals surface area contributed by atoms with E-state index in [-0.39, 0.29) is 30.9 Å². The molecule has 0 bridgehead atoms. The Morgan fingerprint density at radius 1 is 1.07 bits per heavy atom. The van der Waals surface area contributed by atoms with Gasteiger partial charge in [0.25, 0.3) is 5.56 Å². The van der Waals surface area contributed by atoms with E-state index in [1.54, 1.807) is 39.5 Å². The molecule has 0 unspecified atom stereocenters. The third-order valence-corrected chi connectivity index (χ3v) is 8.60. The van der Waals surface area contributed by atoms with E-state index in [0.717, 1.165) is 16.5 Å². The van der Waals surface area contributed by atoms with Crippen molar-refractivity contribution in [3.8, 4) is 22.9 Å². The molecule has 1 atom stereocenters. The Balaban J connectivity index is 1.30. The summed E-state index contributed by atoms with van der Waals surface area (Å²) in [4.78, 5) is 61.9. The number of ketones is 1. The number of carbonyl (C=O) groups is 3. The molecule has 0 saturated carbocycles. The van der Waals surface area contributed by atoms with Crippen molar-refractivity contribution >= 4 is 28.9 Å². The number of benzene rings is 1. The standard InChI is InChI=1S/C33H39N5O8/c1-7-33(43)22-15-24-27-19(16-38(24)29(40)28(22)44-18-26(33)39)14-20-21(17-35(5)6)25(9-8-23(20)34-27)45-30(41)36-10-12-37(13-11-36)31(42)46-32(2,3)4/h8-9,14-15,43H,7,10-13,16-18H2,1-6H3/t33-/m0/s1. The SMILES string of the molecule is CC[C@@]1(O)C(=O)COc2c1cc1n(c2=O)Cc2cc3c(CN(C)C)c(OC(=O)N4CCN(C(=O)OC(C)(C)C)CC4)ccc3nc2-1. The predicted octanol–water partition coefficient (Wildman–Crippen LogP) is 3.10. The number of piperazine rings is 1. The molecule has 1 aromatic carbocycles. The topological polar surface area (TPSA) is 144 Å². The Kier molecular flexibility index (Phi) is 7.80. The minimum Gasteiger partial charge on any atom is -0.480 e. The third-order valence-electron chi connectivity index (χ3n) is 8.60. The van der Waals surface area contributed by atoms with Crippen LogP contribution in [0.1, 0.15) is 50.8 Å². The van der Waals surface area contributed by atoms with Crippen molar-refractivity contribution in [3.63, 3.8) is 0 Å². The Hall–Kier alpha value is -4.49. The van der Waals surface area contributed by atoms with E-state index in [0.29, 0.717) is 55.4 Å². The summed E-state index contributed by atoms with van der Waals surface area (Å²) < 4.78 is 18.5. The van der Waals surface area contributed by atoms with Crippen molar-refractivity contribution in [1.82, 2.24) is 24.3 Å². The largest absolute Gasteiger partial charge is 0.480 e. The third kappa shape index (κ3) is 5.47. The molecular weight excluding hydrogens is 594 g/mol. The van der Waals surface area contributed by atoms with Gasteiger partial charge in [0, 0.05) is 54.8 Å². The summed E-state index contributed by atoms with van der Waals surface area (Å²) in [5.41, 5.74) is 0.585. The Bertz CT molecular complexity index is 1820. The van der Waals surface area contributed by atoms with Crippen LogP contribution in [0.25, 0.3) is 22.3 Å². The number of amides is 2. The first-order valence-electron chi connectivity index (χ1n) is 15.4. The van der Waals surface area contributed by atoms with E-state index >= 15 is 0 Å². The highest BCUT2D eigenvalue weighted by Crippen LogP contribution is 2.41. The molecule has 0 spiro atoms. The summed E-state index contributed by atoms with van der Waals surface area (Å²) in [5, 5.41) is 12.0. The van der Waals surface area contributed by atoms with Gasteiger partial charge in [-0.2, -0.15) is 0 Å². The minimum absolute atomic E-state index is 0.0144. The fourth-order valence-corrected chi connectivity index (χ4v) is 6.19. The van der Waals surface area contributed by atoms with Gasteiger partial charge >= 0.3 is 12.2 Å². The number of rotatable bonds is 4. The van der Waals surface area contributed by atoms with Gasteiger partial charge in [-0.1, -0.05) is 6.92 Å². The fourth-order valence-electron chi connectivity index (χ4n) is 6.19. The zero-order chi connectivity index (χ0) is 33.1. The number of carbonyl (C=O) groups excluding carboxylic acids is 3. The lowest BCUT2D eigenvalue weighted by atomic mass is 9.85. The lowest BCUT2D eigenvalue weighted by molar-refractivity contribution is -0.143. The van der Waals surface area contributed by atoms with Crippen LogP contribution in [0.3, 0.4) is 0 Å². The summed E-state index contributed by atoms with van der Waals surface area (Å²) in [6.45, 7) is 8.73. The lowest BCUT2D eigenvalue weighted by Crippen LogP contribution is -2.52. The van der Waals surface area contributed by atoms with Crippen LogP contribution in [-0.2, 0) is 28.2 Å². The molecule has 1 saturated heterocycles. The molecule has 244 valence electrons. The number of pyridine rings is 2. The summed E-state index contributed by atoms with van der Waals surface area (Å²) >= 11 is 0. The Morgan fingerprint density at radius 2 is 1.74 bits per heavy atom. The van der Waals surface area contributed by atoms with E-state index in [9.17, 15) is 24.3 Å². The maximum Gasteiger partial charge on any atom is 0.415 e. The molecule has 46 heavy (non-hydrogen) atoms. The molecule has 5 heterocycles. The van der Waals surface area contributed by atoms with Crippen LogP contribution >= 0.6 is 0 Å². The van der Waals surface area contributed by atoms with Crippen LogP contribution in [0.15, 0.2) is 29.1 Å². The molecule has 3 aliphatic heterocycles. The predicted molar refractivity (Wildman–Crippen MR) is 168 cm³/mol. The number of nitrogens with zero attached hydrogens (tertiary/aromatic N) is 5. The molecule has 0 aliphatic carbocycles. The van der Waals surface area contributed by atoms with Crippen molar-refractivity contribution in [1.29, 1.82) is 0 Å². The van der Waals surface area contributed by atoms with E-state index in [2.05, 4.69) is 0 Å². The highest BCUT2D eigenvalue weighted by molar-refractivity contribution is 5.93. The summed E-state index contributed by atoms with van der Waals surface area (Å²) in [5.74, 6) is -0.109. The molecule has 2 amide bonds. The average molecular weight is 634 g/mol. The monoisotopic (exact) mass is 633 g/mol. The molecule has 1 fully saturated rings. The quantitative estimate of drug-likeness (QED) is 0.356. The number of aliphatic hydroxyl groups is 1. The van der Waals surface area contributed by atoms with E-state index in [1.807, 2.05) is 45.8 Å². The van der Waals surface area contributed by atoms with Crippen molar-refractivity contribution < 1.29 is 33.7 Å². The first kappa shape index (κ1) is 31.5. The molecular formula is C33H39N5O8. The normalized spacial score (nSPS) is 19.1. The maximum atomic E-state index is 13.5. The molecule has 2 aromatic heterocycles. The van der Waals surface area contributed by atoms with Crippen LogP contribution in [0, 0.1) is 0 Å². The number of hydrogen-bond acceptors (Lipinski definition) is 10. The first-order chi connectivity index (χ1) is 21.7. The smallest absolute Gasteiger partial charge is 0.415 e. The van der Waals surface area contributed by atoms with Crippen molar-refractivity contribution in [2.45, 2.75) is 58.4 Å². The second-order valence-electron chi connectivity index (χ2n) is 13.3. The summed E-state index contributed by atoms with van der Waals surface area (Å²) in [6, 6.07) is 7.08. The van der Waals surface area contributed by atoms with Crippen LogP contribution in [0.2, 0.25) is 0 Å². The minimum atomic E-state index is -1.80. The molecule has 3 aliphatic rings. The summed E-state index contributed by atoms with van der Waals surface area (Å²) in [6.07, 6.45) is -0.812. The van der Waals surface area contributed by atoms with E-state index in [1.165, 1.54) is 0 Å².